The fourth-order valence-electron chi connectivity index (χ4n) is 7.40. The van der Waals surface area contributed by atoms with Crippen molar-refractivity contribution in [2.75, 3.05) is 0 Å². The van der Waals surface area contributed by atoms with Gasteiger partial charge in [-0.3, -0.25) is 24.5 Å². The lowest BCUT2D eigenvalue weighted by atomic mass is 9.84. The number of carboxylic acids is 2. The van der Waals surface area contributed by atoms with Crippen LogP contribution >= 0.6 is 12.6 Å². The van der Waals surface area contributed by atoms with E-state index >= 15 is 0 Å². The maximum Gasteiger partial charge on any atom is 0.303 e. The lowest BCUT2D eigenvalue weighted by Gasteiger charge is -2.31. The number of carbonyl (C=O) groups is 4. The Labute approximate surface area is 268 Å². The number of hydrogen-bond donors (Lipinski definition) is 8. The Morgan fingerprint density at radius 1 is 1.04 bits per heavy atom. The Hall–Kier alpha value is -3.77. The molecule has 2 saturated heterocycles. The fraction of sp³-hybridized carbons (Fsp3) is 0.515. The Balaban J connectivity index is 1.52. The number of aromatic nitrogens is 1. The van der Waals surface area contributed by atoms with Crippen molar-refractivity contribution in [1.29, 1.82) is 0 Å². The van der Waals surface area contributed by atoms with Gasteiger partial charge in [0.1, 0.15) is 5.66 Å². The first-order valence-corrected chi connectivity index (χ1v) is 15.9. The van der Waals surface area contributed by atoms with Crippen molar-refractivity contribution >= 4 is 42.5 Å². The molecule has 11 nitrogen and oxygen atoms in total. The number of carbonyl (C=O) groups excluding carboxylic acids is 2. The molecule has 5 heterocycles. The third-order valence-corrected chi connectivity index (χ3v) is 11.4. The van der Waals surface area contributed by atoms with Crippen LogP contribution in [-0.2, 0) is 32.0 Å². The van der Waals surface area contributed by atoms with E-state index in [1.807, 2.05) is 40.7 Å². The highest BCUT2D eigenvalue weighted by Crippen LogP contribution is 2.50. The Morgan fingerprint density at radius 3 is 2.31 bits per heavy atom. The van der Waals surface area contributed by atoms with Crippen LogP contribution in [-0.4, -0.2) is 67.5 Å². The first-order chi connectivity index (χ1) is 21.2. The molecule has 4 aliphatic rings. The van der Waals surface area contributed by atoms with E-state index in [1.54, 1.807) is 6.08 Å². The zero-order valence-electron chi connectivity index (χ0n) is 26.4. The van der Waals surface area contributed by atoms with Gasteiger partial charge < -0.3 is 31.1 Å². The minimum atomic E-state index is -0.909. The van der Waals surface area contributed by atoms with Gasteiger partial charge in [-0.15, -0.1) is 0 Å². The number of rotatable bonds is 12. The van der Waals surface area contributed by atoms with Crippen LogP contribution in [0.1, 0.15) is 75.9 Å². The van der Waals surface area contributed by atoms with Gasteiger partial charge in [0.15, 0.2) is 0 Å². The molecule has 0 bridgehead atoms. The molecule has 1 aromatic rings. The van der Waals surface area contributed by atoms with Gasteiger partial charge in [0, 0.05) is 46.7 Å². The number of carboxylic acid groups (broad SMARTS) is 2. The van der Waals surface area contributed by atoms with E-state index in [9.17, 15) is 29.4 Å². The van der Waals surface area contributed by atoms with Crippen molar-refractivity contribution in [2.45, 2.75) is 102 Å². The van der Waals surface area contributed by atoms with Gasteiger partial charge in [0.2, 0.25) is 5.91 Å². The fourth-order valence-corrected chi connectivity index (χ4v) is 7.73. The van der Waals surface area contributed by atoms with Crippen molar-refractivity contribution < 1.29 is 29.4 Å². The average Bonchev–Trinajstić information content (AvgIpc) is 3.31. The Kier molecular flexibility index (Phi) is 8.60. The second-order valence-electron chi connectivity index (χ2n) is 12.7. The predicted molar refractivity (Wildman–Crippen MR) is 173 cm³/mol. The van der Waals surface area contributed by atoms with Crippen molar-refractivity contribution in [3.8, 4) is 0 Å². The zero-order chi connectivity index (χ0) is 33.0. The molecule has 0 aromatic carbocycles. The number of allylic oxidation sites excluding steroid dienone is 1. The summed E-state index contributed by atoms with van der Waals surface area (Å²) < 4.78 is -0.558. The second kappa shape index (κ2) is 11.9. The first kappa shape index (κ1) is 32.6. The SMILES string of the molecule is C=CC1=C(C)[C@@H](Cc2[nH]c(/C=C3\N[C@]4(N[C@@H]4[C@@H]4NC(=O)[C@H](C)[C@@]4(S)CC)C(C)=C3CCC(=O)O)c(CCC(=O)O)c2C)NC1=O. The first-order valence-electron chi connectivity index (χ1n) is 15.5. The molecule has 242 valence electrons. The molecule has 0 unspecified atom stereocenters. The summed E-state index contributed by atoms with van der Waals surface area (Å²) in [6.07, 6.45) is 5.15. The van der Waals surface area contributed by atoms with Crippen LogP contribution in [0, 0.1) is 12.8 Å². The molecular formula is C33H43N5O6S. The minimum Gasteiger partial charge on any atom is -0.481 e. The molecule has 2 fully saturated rings. The van der Waals surface area contributed by atoms with E-state index in [-0.39, 0.29) is 48.7 Å². The normalized spacial score (nSPS) is 31.6. The summed E-state index contributed by atoms with van der Waals surface area (Å²) in [5, 5.41) is 32.4. The topological polar surface area (TPSA) is 183 Å². The monoisotopic (exact) mass is 637 g/mol. The maximum atomic E-state index is 12.7. The van der Waals surface area contributed by atoms with E-state index < -0.39 is 22.3 Å². The van der Waals surface area contributed by atoms with Crippen molar-refractivity contribution in [3.05, 3.63) is 63.2 Å². The molecule has 0 saturated carbocycles. The number of H-pyrrole nitrogens is 1. The lowest BCUT2D eigenvalue weighted by molar-refractivity contribution is -0.138. The standard InChI is InChI=1S/C33H43N5O6S/c1-7-19-15(3)23(35-31(19)44)13-22-16(4)20(9-11-26(39)40)24(34-22)14-25-21(10-12-27(41)42)17(5)33(37-25)29(38-33)28-32(45,8-2)18(6)30(43)36-28/h7,14,18,23,28-29,34,37-38,45H,1,8-13H2,2-6H3,(H,35,44)(H,36,43)(H,39,40)(H,41,42)/b25-14-/t18-,23+,28-,29+,32-,33-/m0/s1. The van der Waals surface area contributed by atoms with E-state index in [2.05, 4.69) is 32.8 Å². The molecule has 12 heteroatoms. The van der Waals surface area contributed by atoms with Gasteiger partial charge in [0.25, 0.3) is 5.91 Å². The summed E-state index contributed by atoms with van der Waals surface area (Å²) in [6.45, 7) is 13.5. The highest BCUT2D eigenvalue weighted by Gasteiger charge is 2.68. The van der Waals surface area contributed by atoms with E-state index in [0.717, 1.165) is 44.9 Å². The van der Waals surface area contributed by atoms with E-state index in [0.29, 0.717) is 31.3 Å². The van der Waals surface area contributed by atoms with Gasteiger partial charge >= 0.3 is 11.9 Å². The number of thiol groups is 1. The summed E-state index contributed by atoms with van der Waals surface area (Å²) >= 11 is 5.00. The highest BCUT2D eigenvalue weighted by atomic mass is 32.1. The number of nitrogens with one attached hydrogen (secondary N) is 5. The van der Waals surface area contributed by atoms with E-state index in [1.165, 1.54) is 0 Å². The molecule has 5 rings (SSSR count). The molecule has 4 aliphatic heterocycles. The van der Waals surface area contributed by atoms with Crippen LogP contribution in [0.3, 0.4) is 0 Å². The predicted octanol–water partition coefficient (Wildman–Crippen LogP) is 2.89. The van der Waals surface area contributed by atoms with Crippen LogP contribution in [0.4, 0.5) is 0 Å². The van der Waals surface area contributed by atoms with Gasteiger partial charge in [-0.1, -0.05) is 26.5 Å². The third kappa shape index (κ3) is 5.52. The highest BCUT2D eigenvalue weighted by molar-refractivity contribution is 7.82. The number of hydrogen-bond acceptors (Lipinski definition) is 7. The lowest BCUT2D eigenvalue weighted by Crippen LogP contribution is -2.48. The van der Waals surface area contributed by atoms with Crippen molar-refractivity contribution in [3.63, 3.8) is 0 Å². The second-order valence-corrected chi connectivity index (χ2v) is 13.5. The number of amides is 2. The van der Waals surface area contributed by atoms with Crippen LogP contribution in [0.25, 0.3) is 6.08 Å². The number of aliphatic carboxylic acids is 2. The summed E-state index contributed by atoms with van der Waals surface area (Å²) in [6, 6.07) is -0.640. The molecule has 1 aromatic heterocycles. The number of aromatic amines is 1. The van der Waals surface area contributed by atoms with Gasteiger partial charge in [0.05, 0.1) is 24.0 Å². The smallest absolute Gasteiger partial charge is 0.303 e. The van der Waals surface area contributed by atoms with Crippen molar-refractivity contribution in [2.24, 2.45) is 5.92 Å². The van der Waals surface area contributed by atoms with Gasteiger partial charge in [-0.2, -0.15) is 12.6 Å². The molecule has 7 N–H and O–H groups in total. The van der Waals surface area contributed by atoms with Crippen LogP contribution in [0.2, 0.25) is 0 Å². The molecule has 2 amide bonds. The summed E-state index contributed by atoms with van der Waals surface area (Å²) in [5.74, 6) is -2.29. The van der Waals surface area contributed by atoms with Gasteiger partial charge in [-0.05, 0) is 74.0 Å². The van der Waals surface area contributed by atoms with E-state index in [4.69, 9.17) is 12.6 Å². The quantitative estimate of drug-likeness (QED) is 0.127. The van der Waals surface area contributed by atoms with Crippen LogP contribution in [0.5, 0.6) is 0 Å². The summed E-state index contributed by atoms with van der Waals surface area (Å²) in [7, 11) is 0. The van der Waals surface area contributed by atoms with Gasteiger partial charge in [-0.25, -0.2) is 0 Å². The molecule has 45 heavy (non-hydrogen) atoms. The molecular weight excluding hydrogens is 594 g/mol. The summed E-state index contributed by atoms with van der Waals surface area (Å²) in [4.78, 5) is 51.9. The maximum absolute atomic E-state index is 12.7. The third-order valence-electron chi connectivity index (χ3n) is 10.4. The Bertz CT molecular complexity index is 1590. The Morgan fingerprint density at radius 2 is 1.71 bits per heavy atom. The zero-order valence-corrected chi connectivity index (χ0v) is 27.3. The molecule has 0 radical (unpaired) electrons. The average molecular weight is 638 g/mol. The molecule has 6 atom stereocenters. The van der Waals surface area contributed by atoms with Crippen LogP contribution in [0.15, 0.2) is 40.6 Å². The summed E-state index contributed by atoms with van der Waals surface area (Å²) in [5.41, 5.74) is 6.74. The van der Waals surface area contributed by atoms with Crippen molar-refractivity contribution in [1.82, 2.24) is 26.3 Å². The molecule has 0 aliphatic carbocycles. The molecule has 1 spiro atoms. The van der Waals surface area contributed by atoms with Crippen LogP contribution < -0.4 is 21.3 Å². The minimum absolute atomic E-state index is 0.0385. The largest absolute Gasteiger partial charge is 0.481 e.